The lowest BCUT2D eigenvalue weighted by Gasteiger charge is -2.26. The van der Waals surface area contributed by atoms with Gasteiger partial charge in [0.2, 0.25) is 0 Å². The smallest absolute Gasteiger partial charge is 0.175 e. The molecule has 8 rings (SSSR count). The molecule has 0 aliphatic rings. The molecular weight excluding hydrogens is 512 g/mol. The molecule has 7 aromatic carbocycles. The first kappa shape index (κ1) is 24.2. The zero-order valence-electron chi connectivity index (χ0n) is 22.8. The molecule has 0 saturated heterocycles. The molecule has 0 aliphatic carbocycles. The van der Waals surface area contributed by atoms with Gasteiger partial charge >= 0.3 is 0 Å². The number of benzene rings is 7. The molecule has 8 aromatic rings. The van der Waals surface area contributed by atoms with E-state index in [1.54, 1.807) is 0 Å². The van der Waals surface area contributed by atoms with Crippen LogP contribution in [0.25, 0.3) is 54.9 Å². The van der Waals surface area contributed by atoms with Crippen molar-refractivity contribution in [2.45, 2.75) is 0 Å². The number of aromatic nitrogens is 1. The Kier molecular flexibility index (Phi) is 5.79. The summed E-state index contributed by atoms with van der Waals surface area (Å²) in [6.45, 7) is 0. The van der Waals surface area contributed by atoms with Crippen molar-refractivity contribution in [3.8, 4) is 22.4 Å². The number of anilines is 3. The van der Waals surface area contributed by atoms with Crippen LogP contribution in [0.3, 0.4) is 0 Å². The van der Waals surface area contributed by atoms with E-state index in [-0.39, 0.29) is 0 Å². The van der Waals surface area contributed by atoms with E-state index in [2.05, 4.69) is 144 Å². The Labute approximate surface area is 243 Å². The van der Waals surface area contributed by atoms with Crippen molar-refractivity contribution in [3.05, 3.63) is 158 Å². The average Bonchev–Trinajstić information content (AvgIpc) is 3.51. The standard InChI is InChI=1S/C39H26N2O/c1-4-10-27(11-5-1)28-18-22-33(23-19-28)41(32-14-8-3-9-15-32)34-24-20-29-16-17-30-21-25-35-38(31-12-6-2-7-13-31)40-42-39(35)37(30)36(29)26-34/h1-26H. The second-order valence-corrected chi connectivity index (χ2v) is 10.5. The number of hydrogen-bond acceptors (Lipinski definition) is 3. The minimum atomic E-state index is 0.813. The second kappa shape index (κ2) is 10.1. The Bertz CT molecular complexity index is 2170. The molecule has 0 unspecified atom stereocenters. The van der Waals surface area contributed by atoms with Crippen LogP contribution in [0.15, 0.2) is 162 Å². The normalized spacial score (nSPS) is 11.3. The van der Waals surface area contributed by atoms with Crippen LogP contribution in [0.1, 0.15) is 0 Å². The number of para-hydroxylation sites is 1. The number of hydrogen-bond donors (Lipinski definition) is 0. The highest BCUT2D eigenvalue weighted by Crippen LogP contribution is 2.41. The Hall–Kier alpha value is -5.67. The summed E-state index contributed by atoms with van der Waals surface area (Å²) in [5, 5.41) is 10.0. The molecule has 3 nitrogen and oxygen atoms in total. The van der Waals surface area contributed by atoms with Gasteiger partial charge in [0.1, 0.15) is 5.69 Å². The van der Waals surface area contributed by atoms with Crippen molar-refractivity contribution in [3.63, 3.8) is 0 Å². The summed E-state index contributed by atoms with van der Waals surface area (Å²) in [4.78, 5) is 2.31. The van der Waals surface area contributed by atoms with E-state index in [0.717, 1.165) is 60.8 Å². The Morgan fingerprint density at radius 3 is 1.71 bits per heavy atom. The fourth-order valence-electron chi connectivity index (χ4n) is 5.92. The Morgan fingerprint density at radius 2 is 0.976 bits per heavy atom. The molecule has 0 saturated carbocycles. The first-order valence-electron chi connectivity index (χ1n) is 14.1. The lowest BCUT2D eigenvalue weighted by atomic mass is 9.98. The Balaban J connectivity index is 1.32. The van der Waals surface area contributed by atoms with Gasteiger partial charge in [-0.25, -0.2) is 0 Å². The molecule has 0 spiro atoms. The second-order valence-electron chi connectivity index (χ2n) is 10.5. The van der Waals surface area contributed by atoms with Crippen LogP contribution in [0.5, 0.6) is 0 Å². The van der Waals surface area contributed by atoms with E-state index in [9.17, 15) is 0 Å². The van der Waals surface area contributed by atoms with Gasteiger partial charge in [-0.05, 0) is 69.8 Å². The van der Waals surface area contributed by atoms with Crippen LogP contribution >= 0.6 is 0 Å². The summed E-state index contributed by atoms with van der Waals surface area (Å²) in [6.07, 6.45) is 0. The van der Waals surface area contributed by atoms with Crippen molar-refractivity contribution >= 4 is 49.6 Å². The van der Waals surface area contributed by atoms with Crippen molar-refractivity contribution < 1.29 is 4.52 Å². The Morgan fingerprint density at radius 1 is 0.429 bits per heavy atom. The van der Waals surface area contributed by atoms with E-state index in [0.29, 0.717) is 0 Å². The molecule has 198 valence electrons. The minimum absolute atomic E-state index is 0.813. The zero-order valence-corrected chi connectivity index (χ0v) is 22.8. The molecule has 1 heterocycles. The summed E-state index contributed by atoms with van der Waals surface area (Å²) < 4.78 is 6.09. The van der Waals surface area contributed by atoms with Crippen molar-refractivity contribution in [2.75, 3.05) is 4.90 Å². The highest BCUT2D eigenvalue weighted by Gasteiger charge is 2.17. The summed E-state index contributed by atoms with van der Waals surface area (Å²) in [5.74, 6) is 0. The highest BCUT2D eigenvalue weighted by molar-refractivity contribution is 6.20. The predicted octanol–water partition coefficient (Wildman–Crippen LogP) is 10.9. The summed E-state index contributed by atoms with van der Waals surface area (Å²) in [5.41, 5.74) is 8.39. The van der Waals surface area contributed by atoms with Crippen LogP contribution in [-0.2, 0) is 0 Å². The minimum Gasteiger partial charge on any atom is -0.355 e. The lowest BCUT2D eigenvalue weighted by Crippen LogP contribution is -2.09. The van der Waals surface area contributed by atoms with Gasteiger partial charge in [0.25, 0.3) is 0 Å². The highest BCUT2D eigenvalue weighted by atomic mass is 16.5. The monoisotopic (exact) mass is 538 g/mol. The summed E-state index contributed by atoms with van der Waals surface area (Å²) in [6, 6.07) is 55.3. The van der Waals surface area contributed by atoms with Crippen LogP contribution in [-0.4, -0.2) is 5.16 Å². The molecule has 0 aliphatic heterocycles. The van der Waals surface area contributed by atoms with Crippen LogP contribution < -0.4 is 4.90 Å². The third-order valence-corrected chi connectivity index (χ3v) is 7.97. The lowest BCUT2D eigenvalue weighted by molar-refractivity contribution is 0.462. The van der Waals surface area contributed by atoms with Crippen LogP contribution in [0.4, 0.5) is 17.1 Å². The first-order chi connectivity index (χ1) is 20.8. The van der Waals surface area contributed by atoms with Crippen LogP contribution in [0, 0.1) is 0 Å². The topological polar surface area (TPSA) is 29.3 Å². The van der Waals surface area contributed by atoms with E-state index < -0.39 is 0 Å². The molecule has 1 aromatic heterocycles. The predicted molar refractivity (Wildman–Crippen MR) is 175 cm³/mol. The van der Waals surface area contributed by atoms with Gasteiger partial charge in [0.05, 0.1) is 5.39 Å². The number of rotatable bonds is 5. The molecule has 0 bridgehead atoms. The molecule has 0 N–H and O–H groups in total. The number of nitrogens with zero attached hydrogens (tertiary/aromatic N) is 2. The molecule has 3 heteroatoms. The summed E-state index contributed by atoms with van der Waals surface area (Å²) in [7, 11) is 0. The maximum absolute atomic E-state index is 6.09. The third kappa shape index (κ3) is 4.11. The van der Waals surface area contributed by atoms with Gasteiger partial charge < -0.3 is 9.42 Å². The molecule has 0 fully saturated rings. The third-order valence-electron chi connectivity index (χ3n) is 7.97. The maximum Gasteiger partial charge on any atom is 0.175 e. The van der Waals surface area contributed by atoms with Gasteiger partial charge in [-0.3, -0.25) is 0 Å². The molecular formula is C39H26N2O. The fraction of sp³-hybridized carbons (Fsp3) is 0. The van der Waals surface area contributed by atoms with Crippen molar-refractivity contribution in [1.29, 1.82) is 0 Å². The zero-order chi connectivity index (χ0) is 27.9. The quantitative estimate of drug-likeness (QED) is 0.204. The summed E-state index contributed by atoms with van der Waals surface area (Å²) >= 11 is 0. The SMILES string of the molecule is c1ccc(-c2ccc(N(c3ccccc3)c3ccc4ccc5ccc6c(-c7ccccc7)noc6c5c4c3)cc2)cc1. The molecule has 42 heavy (non-hydrogen) atoms. The van der Waals surface area contributed by atoms with E-state index >= 15 is 0 Å². The average molecular weight is 539 g/mol. The first-order valence-corrected chi connectivity index (χ1v) is 14.1. The van der Waals surface area contributed by atoms with Crippen LogP contribution in [0.2, 0.25) is 0 Å². The van der Waals surface area contributed by atoms with E-state index in [1.807, 2.05) is 24.3 Å². The van der Waals surface area contributed by atoms with Gasteiger partial charge in [-0.1, -0.05) is 120 Å². The molecule has 0 radical (unpaired) electrons. The largest absolute Gasteiger partial charge is 0.355 e. The van der Waals surface area contributed by atoms with Gasteiger partial charge in [-0.2, -0.15) is 0 Å². The van der Waals surface area contributed by atoms with E-state index in [1.165, 1.54) is 11.1 Å². The van der Waals surface area contributed by atoms with Crippen molar-refractivity contribution in [1.82, 2.24) is 5.16 Å². The maximum atomic E-state index is 6.09. The fourth-order valence-corrected chi connectivity index (χ4v) is 5.92. The molecule has 0 atom stereocenters. The van der Waals surface area contributed by atoms with E-state index in [4.69, 9.17) is 4.52 Å². The number of fused-ring (bicyclic) bond motifs is 5. The van der Waals surface area contributed by atoms with Gasteiger partial charge in [-0.15, -0.1) is 0 Å². The molecule has 0 amide bonds. The van der Waals surface area contributed by atoms with Gasteiger partial charge in [0.15, 0.2) is 5.58 Å². The van der Waals surface area contributed by atoms with Crippen molar-refractivity contribution in [2.24, 2.45) is 0 Å². The van der Waals surface area contributed by atoms with Gasteiger partial charge in [0, 0.05) is 28.0 Å².